The largest absolute Gasteiger partial charge is 0.354 e. The molecule has 1 aromatic carbocycles. The van der Waals surface area contributed by atoms with E-state index >= 15 is 0 Å². The van der Waals surface area contributed by atoms with Crippen LogP contribution in [0.3, 0.4) is 0 Å². The zero-order chi connectivity index (χ0) is 14.0. The molecular formula is C14H15F2N3. The number of hydrogen-bond acceptors (Lipinski definition) is 3. The molecule has 100 valence electrons. The van der Waals surface area contributed by atoms with Crippen molar-refractivity contribution in [3.05, 3.63) is 52.7 Å². The van der Waals surface area contributed by atoms with Crippen molar-refractivity contribution < 1.29 is 8.78 Å². The summed E-state index contributed by atoms with van der Waals surface area (Å²) in [5.41, 5.74) is 2.61. The average molecular weight is 263 g/mol. The van der Waals surface area contributed by atoms with Crippen molar-refractivity contribution in [1.29, 1.82) is 0 Å². The summed E-state index contributed by atoms with van der Waals surface area (Å²) in [5.74, 6) is -0.970. The highest BCUT2D eigenvalue weighted by atomic mass is 19.2. The van der Waals surface area contributed by atoms with E-state index in [1.165, 1.54) is 6.07 Å². The Morgan fingerprint density at radius 3 is 2.42 bits per heavy atom. The Balaban J connectivity index is 2.17. The van der Waals surface area contributed by atoms with Crippen LogP contribution in [-0.4, -0.2) is 17.2 Å². The summed E-state index contributed by atoms with van der Waals surface area (Å²) in [6.07, 6.45) is 0. The van der Waals surface area contributed by atoms with Gasteiger partial charge < -0.3 is 4.90 Å². The lowest BCUT2D eigenvalue weighted by Gasteiger charge is -2.18. The molecule has 0 saturated carbocycles. The number of hydrogen-bond donors (Lipinski definition) is 0. The molecule has 19 heavy (non-hydrogen) atoms. The molecular weight excluding hydrogens is 248 g/mol. The van der Waals surface area contributed by atoms with Crippen LogP contribution in [0.15, 0.2) is 24.3 Å². The van der Waals surface area contributed by atoms with Gasteiger partial charge in [-0.3, -0.25) is 0 Å². The summed E-state index contributed by atoms with van der Waals surface area (Å²) >= 11 is 0. The Bertz CT molecular complexity index is 599. The van der Waals surface area contributed by atoms with Crippen molar-refractivity contribution in [2.24, 2.45) is 0 Å². The maximum atomic E-state index is 13.1. The van der Waals surface area contributed by atoms with Crippen LogP contribution in [0.25, 0.3) is 0 Å². The second-order valence-electron chi connectivity index (χ2n) is 4.58. The SMILES string of the molecule is Cc1cc(N(C)Cc2ccc(F)c(F)c2)nnc1C. The zero-order valence-electron chi connectivity index (χ0n) is 11.1. The van der Waals surface area contributed by atoms with Crippen molar-refractivity contribution in [2.45, 2.75) is 20.4 Å². The third-order valence-electron chi connectivity index (χ3n) is 3.01. The van der Waals surface area contributed by atoms with Crippen LogP contribution in [0.1, 0.15) is 16.8 Å². The maximum absolute atomic E-state index is 13.1. The molecule has 0 aliphatic heterocycles. The first-order valence-electron chi connectivity index (χ1n) is 5.93. The highest BCUT2D eigenvalue weighted by Crippen LogP contribution is 2.16. The smallest absolute Gasteiger partial charge is 0.159 e. The molecule has 2 aromatic rings. The fourth-order valence-corrected chi connectivity index (χ4v) is 1.71. The van der Waals surface area contributed by atoms with Crippen molar-refractivity contribution in [3.63, 3.8) is 0 Å². The first-order chi connectivity index (χ1) is 8.97. The fraction of sp³-hybridized carbons (Fsp3) is 0.286. The van der Waals surface area contributed by atoms with Crippen molar-refractivity contribution in [3.8, 4) is 0 Å². The second-order valence-corrected chi connectivity index (χ2v) is 4.58. The third-order valence-corrected chi connectivity index (χ3v) is 3.01. The molecule has 0 aliphatic carbocycles. The summed E-state index contributed by atoms with van der Waals surface area (Å²) < 4.78 is 26.0. The van der Waals surface area contributed by atoms with Crippen LogP contribution in [-0.2, 0) is 6.54 Å². The molecule has 3 nitrogen and oxygen atoms in total. The van der Waals surface area contributed by atoms with E-state index in [4.69, 9.17) is 0 Å². The van der Waals surface area contributed by atoms with E-state index in [9.17, 15) is 8.78 Å². The van der Waals surface area contributed by atoms with Gasteiger partial charge in [0.1, 0.15) is 0 Å². The van der Waals surface area contributed by atoms with Gasteiger partial charge in [-0.05, 0) is 43.2 Å². The van der Waals surface area contributed by atoms with Crippen LogP contribution in [0, 0.1) is 25.5 Å². The Hall–Kier alpha value is -2.04. The quantitative estimate of drug-likeness (QED) is 0.852. The molecule has 0 saturated heterocycles. The zero-order valence-corrected chi connectivity index (χ0v) is 11.1. The lowest BCUT2D eigenvalue weighted by molar-refractivity contribution is 0.507. The van der Waals surface area contributed by atoms with Crippen LogP contribution in [0.4, 0.5) is 14.6 Å². The highest BCUT2D eigenvalue weighted by Gasteiger charge is 2.08. The Morgan fingerprint density at radius 2 is 1.79 bits per heavy atom. The third kappa shape index (κ3) is 3.05. The van der Waals surface area contributed by atoms with Gasteiger partial charge in [-0.25, -0.2) is 8.78 Å². The molecule has 0 fully saturated rings. The molecule has 5 heteroatoms. The molecule has 0 aliphatic rings. The monoisotopic (exact) mass is 263 g/mol. The predicted octanol–water partition coefficient (Wildman–Crippen LogP) is 3.01. The fourth-order valence-electron chi connectivity index (χ4n) is 1.71. The van der Waals surface area contributed by atoms with E-state index < -0.39 is 11.6 Å². The molecule has 0 amide bonds. The van der Waals surface area contributed by atoms with Crippen LogP contribution in [0.2, 0.25) is 0 Å². The van der Waals surface area contributed by atoms with E-state index in [1.54, 1.807) is 6.07 Å². The lowest BCUT2D eigenvalue weighted by atomic mass is 10.2. The Morgan fingerprint density at radius 1 is 1.05 bits per heavy atom. The van der Waals surface area contributed by atoms with Gasteiger partial charge in [0.15, 0.2) is 17.5 Å². The van der Waals surface area contributed by atoms with E-state index in [-0.39, 0.29) is 0 Å². The van der Waals surface area contributed by atoms with Gasteiger partial charge in [0.2, 0.25) is 0 Å². The Kier molecular flexibility index (Phi) is 3.74. The van der Waals surface area contributed by atoms with Crippen LogP contribution < -0.4 is 4.90 Å². The number of halogens is 2. The van der Waals surface area contributed by atoms with Gasteiger partial charge in [0.25, 0.3) is 0 Å². The first-order valence-corrected chi connectivity index (χ1v) is 5.93. The minimum Gasteiger partial charge on any atom is -0.354 e. The normalized spacial score (nSPS) is 10.6. The predicted molar refractivity (Wildman–Crippen MR) is 70.0 cm³/mol. The number of rotatable bonds is 3. The van der Waals surface area contributed by atoms with Gasteiger partial charge in [-0.15, -0.1) is 5.10 Å². The molecule has 0 radical (unpaired) electrons. The van der Waals surface area contributed by atoms with E-state index in [1.807, 2.05) is 31.9 Å². The molecule has 2 rings (SSSR count). The van der Waals surface area contributed by atoms with Crippen LogP contribution >= 0.6 is 0 Å². The molecule has 0 atom stereocenters. The van der Waals surface area contributed by atoms with Crippen molar-refractivity contribution in [1.82, 2.24) is 10.2 Å². The minimum absolute atomic E-state index is 0.439. The summed E-state index contributed by atoms with van der Waals surface area (Å²) in [6, 6.07) is 5.80. The molecule has 0 spiro atoms. The topological polar surface area (TPSA) is 29.0 Å². The molecule has 0 bridgehead atoms. The number of anilines is 1. The van der Waals surface area contributed by atoms with Crippen molar-refractivity contribution >= 4 is 5.82 Å². The van der Waals surface area contributed by atoms with E-state index in [2.05, 4.69) is 10.2 Å². The number of aryl methyl sites for hydroxylation is 2. The minimum atomic E-state index is -0.836. The number of nitrogens with zero attached hydrogens (tertiary/aromatic N) is 3. The summed E-state index contributed by atoms with van der Waals surface area (Å²) in [6.45, 7) is 4.29. The standard InChI is InChI=1S/C14H15F2N3/c1-9-6-14(18-17-10(9)2)19(3)8-11-4-5-12(15)13(16)7-11/h4-7H,8H2,1-3H3. The van der Waals surface area contributed by atoms with Gasteiger partial charge in [-0.2, -0.15) is 5.10 Å². The second kappa shape index (κ2) is 5.30. The van der Waals surface area contributed by atoms with Gasteiger partial charge in [-0.1, -0.05) is 6.07 Å². The molecule has 0 N–H and O–H groups in total. The summed E-state index contributed by atoms with van der Waals surface area (Å²) in [4.78, 5) is 1.84. The summed E-state index contributed by atoms with van der Waals surface area (Å²) in [7, 11) is 1.83. The van der Waals surface area contributed by atoms with E-state index in [0.717, 1.165) is 17.3 Å². The highest BCUT2D eigenvalue weighted by molar-refractivity contribution is 5.40. The first kappa shape index (κ1) is 13.4. The maximum Gasteiger partial charge on any atom is 0.159 e. The molecule has 1 heterocycles. The number of aromatic nitrogens is 2. The van der Waals surface area contributed by atoms with Gasteiger partial charge in [0.05, 0.1) is 5.69 Å². The van der Waals surface area contributed by atoms with Gasteiger partial charge >= 0.3 is 0 Å². The van der Waals surface area contributed by atoms with Crippen LogP contribution in [0.5, 0.6) is 0 Å². The van der Waals surface area contributed by atoms with Gasteiger partial charge in [0, 0.05) is 13.6 Å². The lowest BCUT2D eigenvalue weighted by Crippen LogP contribution is -2.18. The van der Waals surface area contributed by atoms with E-state index in [0.29, 0.717) is 17.9 Å². The van der Waals surface area contributed by atoms with Crippen molar-refractivity contribution in [2.75, 3.05) is 11.9 Å². The number of benzene rings is 1. The summed E-state index contributed by atoms with van der Waals surface area (Å²) in [5, 5.41) is 8.13. The molecule has 1 aromatic heterocycles. The Labute approximate surface area is 110 Å². The molecule has 0 unspecified atom stereocenters. The average Bonchev–Trinajstić information content (AvgIpc) is 2.37.